The molecule has 1 aliphatic rings. The van der Waals surface area contributed by atoms with Gasteiger partial charge >= 0.3 is 6.18 Å². The van der Waals surface area contributed by atoms with Gasteiger partial charge in [-0.05, 0) is 38.8 Å². The first-order valence-corrected chi connectivity index (χ1v) is 9.42. The molecule has 30 heavy (non-hydrogen) atoms. The summed E-state index contributed by atoms with van der Waals surface area (Å²) in [6.07, 6.45) is -0.327. The Bertz CT molecular complexity index is 1160. The van der Waals surface area contributed by atoms with E-state index in [1.807, 2.05) is 0 Å². The van der Waals surface area contributed by atoms with Gasteiger partial charge in [0.15, 0.2) is 0 Å². The summed E-state index contributed by atoms with van der Waals surface area (Å²) in [7, 11) is 0. The third-order valence-corrected chi connectivity index (χ3v) is 5.02. The van der Waals surface area contributed by atoms with Crippen LogP contribution in [0.5, 0.6) is 0 Å². The molecule has 1 aliphatic carbocycles. The molecular formula is C19H19F3N6O2. The van der Waals surface area contributed by atoms with Crippen molar-refractivity contribution in [3.63, 3.8) is 0 Å². The predicted molar refractivity (Wildman–Crippen MR) is 101 cm³/mol. The molecule has 0 saturated heterocycles. The predicted octanol–water partition coefficient (Wildman–Crippen LogP) is 2.53. The third-order valence-electron chi connectivity index (χ3n) is 5.02. The average molecular weight is 420 g/mol. The van der Waals surface area contributed by atoms with Gasteiger partial charge in [-0.15, -0.1) is 0 Å². The molecule has 1 N–H and O–H groups in total. The second-order valence-electron chi connectivity index (χ2n) is 7.39. The maximum Gasteiger partial charge on any atom is 0.417 e. The zero-order valence-corrected chi connectivity index (χ0v) is 16.3. The average Bonchev–Trinajstić information content (AvgIpc) is 3.47. The number of nitrogens with zero attached hydrogens (tertiary/aromatic N) is 5. The van der Waals surface area contributed by atoms with E-state index in [9.17, 15) is 22.8 Å². The van der Waals surface area contributed by atoms with Crippen LogP contribution in [0.4, 0.5) is 13.2 Å². The van der Waals surface area contributed by atoms with Crippen LogP contribution < -0.4 is 10.9 Å². The van der Waals surface area contributed by atoms with E-state index in [-0.39, 0.29) is 18.3 Å². The molecular weight excluding hydrogens is 401 g/mol. The van der Waals surface area contributed by atoms with E-state index in [4.69, 9.17) is 0 Å². The molecule has 1 saturated carbocycles. The van der Waals surface area contributed by atoms with E-state index in [2.05, 4.69) is 20.5 Å². The number of amides is 1. The number of fused-ring (bicyclic) bond motifs is 1. The monoisotopic (exact) mass is 420 g/mol. The summed E-state index contributed by atoms with van der Waals surface area (Å²) in [6, 6.07) is 1.68. The molecule has 0 aromatic carbocycles. The molecule has 0 aliphatic heterocycles. The highest BCUT2D eigenvalue weighted by Crippen LogP contribution is 2.36. The van der Waals surface area contributed by atoms with Crippen LogP contribution >= 0.6 is 0 Å². The number of nitrogens with one attached hydrogen (secondary N) is 1. The van der Waals surface area contributed by atoms with Crippen molar-refractivity contribution in [1.82, 2.24) is 29.9 Å². The number of alkyl halides is 3. The van der Waals surface area contributed by atoms with Crippen LogP contribution in [0.3, 0.4) is 0 Å². The van der Waals surface area contributed by atoms with Gasteiger partial charge in [0.2, 0.25) is 5.91 Å². The van der Waals surface area contributed by atoms with E-state index in [0.717, 1.165) is 29.8 Å². The number of hydrogen-bond donors (Lipinski definition) is 1. The molecule has 4 rings (SSSR count). The van der Waals surface area contributed by atoms with E-state index in [1.165, 1.54) is 12.3 Å². The lowest BCUT2D eigenvalue weighted by molar-refractivity contribution is -0.137. The second kappa shape index (κ2) is 7.22. The Labute approximate surface area is 168 Å². The van der Waals surface area contributed by atoms with Gasteiger partial charge in [0.05, 0.1) is 35.2 Å². The normalized spacial score (nSPS) is 15.4. The van der Waals surface area contributed by atoms with Gasteiger partial charge < -0.3 is 5.32 Å². The third kappa shape index (κ3) is 3.79. The van der Waals surface area contributed by atoms with Gasteiger partial charge in [-0.3, -0.25) is 19.3 Å². The van der Waals surface area contributed by atoms with Crippen molar-refractivity contribution < 1.29 is 18.0 Å². The number of halogens is 3. The number of pyridine rings is 1. The quantitative estimate of drug-likeness (QED) is 0.685. The van der Waals surface area contributed by atoms with Crippen LogP contribution in [0.15, 0.2) is 29.3 Å². The molecule has 1 atom stereocenters. The van der Waals surface area contributed by atoms with Gasteiger partial charge in [-0.1, -0.05) is 0 Å². The number of aromatic nitrogens is 5. The Morgan fingerprint density at radius 3 is 2.63 bits per heavy atom. The van der Waals surface area contributed by atoms with Gasteiger partial charge in [0.1, 0.15) is 12.1 Å². The summed E-state index contributed by atoms with van der Waals surface area (Å²) < 4.78 is 40.7. The van der Waals surface area contributed by atoms with Crippen molar-refractivity contribution in [1.29, 1.82) is 0 Å². The van der Waals surface area contributed by atoms with Crippen LogP contribution in [0, 0.1) is 6.92 Å². The Balaban J connectivity index is 1.50. The van der Waals surface area contributed by atoms with Gasteiger partial charge in [0, 0.05) is 11.6 Å². The standard InChI is InChI=1S/C19H19F3N6O2/c1-10-14-8-24-27(18(30)17(14)28(26-10)13-4-5-13)9-16(29)25-11(2)15-6-3-12(7-23-15)19(20,21)22/h3,6-8,11,13H,4-5,9H2,1-2H3,(H,25,29)/t11-/m0/s1. The highest BCUT2D eigenvalue weighted by Gasteiger charge is 2.31. The fourth-order valence-corrected chi connectivity index (χ4v) is 3.25. The molecule has 11 heteroatoms. The van der Waals surface area contributed by atoms with E-state index in [0.29, 0.717) is 16.6 Å². The smallest absolute Gasteiger partial charge is 0.346 e. The summed E-state index contributed by atoms with van der Waals surface area (Å²) in [5, 5.41) is 11.8. The topological polar surface area (TPSA) is 94.7 Å². The van der Waals surface area contributed by atoms with Crippen molar-refractivity contribution in [2.24, 2.45) is 0 Å². The Hall–Kier alpha value is -3.24. The first-order valence-electron chi connectivity index (χ1n) is 9.42. The van der Waals surface area contributed by atoms with Gasteiger partial charge in [0.25, 0.3) is 5.56 Å². The Morgan fingerprint density at radius 1 is 1.30 bits per heavy atom. The van der Waals surface area contributed by atoms with Crippen LogP contribution in [0.1, 0.15) is 48.8 Å². The van der Waals surface area contributed by atoms with Crippen LogP contribution in [0.25, 0.3) is 10.9 Å². The van der Waals surface area contributed by atoms with Crippen LogP contribution in [-0.2, 0) is 17.5 Å². The number of rotatable bonds is 5. The molecule has 1 amide bonds. The zero-order valence-electron chi connectivity index (χ0n) is 16.3. The molecule has 0 radical (unpaired) electrons. The number of aryl methyl sites for hydroxylation is 1. The maximum absolute atomic E-state index is 12.9. The minimum atomic E-state index is -4.48. The number of carbonyl (C=O) groups is 1. The van der Waals surface area contributed by atoms with Crippen molar-refractivity contribution in [3.8, 4) is 0 Å². The summed E-state index contributed by atoms with van der Waals surface area (Å²) in [5.74, 6) is -0.507. The minimum Gasteiger partial charge on any atom is -0.346 e. The second-order valence-corrected chi connectivity index (χ2v) is 7.39. The molecule has 1 fully saturated rings. The lowest BCUT2D eigenvalue weighted by atomic mass is 10.2. The minimum absolute atomic E-state index is 0.198. The summed E-state index contributed by atoms with van der Waals surface area (Å²) in [4.78, 5) is 29.0. The molecule has 3 aromatic rings. The van der Waals surface area contributed by atoms with Crippen molar-refractivity contribution in [3.05, 3.63) is 51.8 Å². The molecule has 3 heterocycles. The first kappa shape index (κ1) is 20.0. The molecule has 3 aromatic heterocycles. The Kier molecular flexibility index (Phi) is 4.83. The number of hydrogen-bond acceptors (Lipinski definition) is 5. The van der Waals surface area contributed by atoms with Gasteiger partial charge in [-0.25, -0.2) is 4.68 Å². The fourth-order valence-electron chi connectivity index (χ4n) is 3.25. The molecule has 8 nitrogen and oxygen atoms in total. The summed E-state index contributed by atoms with van der Waals surface area (Å²) >= 11 is 0. The van der Waals surface area contributed by atoms with Crippen LogP contribution in [0.2, 0.25) is 0 Å². The summed E-state index contributed by atoms with van der Waals surface area (Å²) in [5.41, 5.74) is 0.136. The fraction of sp³-hybridized carbons (Fsp3) is 0.421. The maximum atomic E-state index is 12.9. The van der Waals surface area contributed by atoms with E-state index in [1.54, 1.807) is 18.5 Å². The highest BCUT2D eigenvalue weighted by molar-refractivity contribution is 5.81. The van der Waals surface area contributed by atoms with Gasteiger partial charge in [-0.2, -0.15) is 23.4 Å². The van der Waals surface area contributed by atoms with E-state index >= 15 is 0 Å². The van der Waals surface area contributed by atoms with Crippen molar-refractivity contribution in [2.45, 2.75) is 51.5 Å². The lowest BCUT2D eigenvalue weighted by Gasteiger charge is -2.15. The van der Waals surface area contributed by atoms with Crippen molar-refractivity contribution in [2.75, 3.05) is 0 Å². The van der Waals surface area contributed by atoms with Crippen LogP contribution in [-0.4, -0.2) is 30.5 Å². The molecule has 158 valence electrons. The lowest BCUT2D eigenvalue weighted by Crippen LogP contribution is -2.35. The number of carbonyl (C=O) groups excluding carboxylic acids is 1. The largest absolute Gasteiger partial charge is 0.417 e. The SMILES string of the molecule is Cc1nn(C2CC2)c2c(=O)n(CC(=O)N[C@@H](C)c3ccc(C(F)(F)F)cn3)ncc12. The molecule has 0 bridgehead atoms. The highest BCUT2D eigenvalue weighted by atomic mass is 19.4. The van der Waals surface area contributed by atoms with E-state index < -0.39 is 29.2 Å². The van der Waals surface area contributed by atoms with Crippen molar-refractivity contribution >= 4 is 16.8 Å². The zero-order chi connectivity index (χ0) is 21.6. The summed E-state index contributed by atoms with van der Waals surface area (Å²) in [6.45, 7) is 3.07. The molecule has 0 unspecified atom stereocenters. The molecule has 0 spiro atoms. The Morgan fingerprint density at radius 2 is 2.03 bits per heavy atom. The first-order chi connectivity index (χ1) is 14.1.